The smallest absolute Gasteiger partial charge is 0.346 e. The van der Waals surface area contributed by atoms with Crippen LogP contribution in [-0.4, -0.2) is 33.1 Å². The van der Waals surface area contributed by atoms with Crippen molar-refractivity contribution in [3.8, 4) is 5.75 Å². The average Bonchev–Trinajstić information content (AvgIpc) is 3.24. The molecule has 1 aromatic carbocycles. The van der Waals surface area contributed by atoms with Crippen molar-refractivity contribution < 1.29 is 14.6 Å². The van der Waals surface area contributed by atoms with Gasteiger partial charge in [0.05, 0.1) is 12.2 Å². The van der Waals surface area contributed by atoms with Gasteiger partial charge in [-0.25, -0.2) is 9.78 Å². The van der Waals surface area contributed by atoms with E-state index < -0.39 is 12.1 Å². The monoisotopic (exact) mass is 303 g/mol. The van der Waals surface area contributed by atoms with E-state index >= 15 is 0 Å². The van der Waals surface area contributed by atoms with Gasteiger partial charge in [0, 0.05) is 17.5 Å². The van der Waals surface area contributed by atoms with Crippen LogP contribution < -0.4 is 9.64 Å². The van der Waals surface area contributed by atoms with E-state index in [0.29, 0.717) is 11.7 Å². The van der Waals surface area contributed by atoms with Gasteiger partial charge in [-0.15, -0.1) is 0 Å². The van der Waals surface area contributed by atoms with Crippen molar-refractivity contribution in [1.82, 2.24) is 9.36 Å². The van der Waals surface area contributed by atoms with Gasteiger partial charge in [0.15, 0.2) is 0 Å². The number of nitrogens with zero attached hydrogens (tertiary/aromatic N) is 3. The first-order chi connectivity index (χ1) is 10.2. The Morgan fingerprint density at radius 2 is 2.19 bits per heavy atom. The molecule has 0 spiro atoms. The maximum atomic E-state index is 11.3. The van der Waals surface area contributed by atoms with Crippen LogP contribution in [0.25, 0.3) is 0 Å². The molecule has 1 unspecified atom stereocenters. The van der Waals surface area contributed by atoms with Gasteiger partial charge in [0.2, 0.25) is 11.2 Å². The van der Waals surface area contributed by atoms with E-state index in [0.717, 1.165) is 29.5 Å². The molecule has 0 radical (unpaired) electrons. The van der Waals surface area contributed by atoms with Crippen LogP contribution in [0.3, 0.4) is 0 Å². The number of fused-ring (bicyclic) bond motifs is 1. The number of rotatable bonds is 3. The van der Waals surface area contributed by atoms with Crippen LogP contribution in [-0.2, 0) is 4.79 Å². The molecule has 2 heterocycles. The number of ether oxygens (including phenoxy) is 1. The van der Waals surface area contributed by atoms with E-state index in [2.05, 4.69) is 9.36 Å². The minimum absolute atomic E-state index is 0.242. The Morgan fingerprint density at radius 3 is 2.95 bits per heavy atom. The average molecular weight is 303 g/mol. The third-order valence-electron chi connectivity index (χ3n) is 3.65. The second kappa shape index (κ2) is 4.70. The Bertz CT molecular complexity index is 698. The van der Waals surface area contributed by atoms with Crippen molar-refractivity contribution in [2.24, 2.45) is 0 Å². The Kier molecular flexibility index (Phi) is 2.81. The Labute approximate surface area is 125 Å². The number of aromatic nitrogens is 2. The molecule has 6 nitrogen and oxygen atoms in total. The first kappa shape index (κ1) is 12.6. The van der Waals surface area contributed by atoms with E-state index in [-0.39, 0.29) is 6.54 Å². The summed E-state index contributed by atoms with van der Waals surface area (Å²) in [5, 5.41) is 9.98. The van der Waals surface area contributed by atoms with Gasteiger partial charge in [0.1, 0.15) is 11.6 Å². The minimum atomic E-state index is -0.971. The number of benzene rings is 1. The molecule has 1 atom stereocenters. The molecule has 2 aromatic rings. The fraction of sp³-hybridized carbons (Fsp3) is 0.357. The highest BCUT2D eigenvalue weighted by Crippen LogP contribution is 2.42. The van der Waals surface area contributed by atoms with Gasteiger partial charge in [-0.3, -0.25) is 0 Å². The molecule has 1 aliphatic carbocycles. The zero-order valence-corrected chi connectivity index (χ0v) is 11.9. The van der Waals surface area contributed by atoms with E-state index in [9.17, 15) is 9.90 Å². The van der Waals surface area contributed by atoms with Crippen molar-refractivity contribution in [2.75, 3.05) is 11.4 Å². The van der Waals surface area contributed by atoms with Gasteiger partial charge in [-0.2, -0.15) is 4.37 Å². The predicted molar refractivity (Wildman–Crippen MR) is 77.4 cm³/mol. The molecule has 4 rings (SSSR count). The van der Waals surface area contributed by atoms with Gasteiger partial charge in [0.25, 0.3) is 0 Å². The van der Waals surface area contributed by atoms with Gasteiger partial charge < -0.3 is 14.7 Å². The van der Waals surface area contributed by atoms with Gasteiger partial charge >= 0.3 is 5.97 Å². The largest absolute Gasteiger partial charge is 0.478 e. The van der Waals surface area contributed by atoms with Crippen LogP contribution in [0.1, 0.15) is 24.6 Å². The molecule has 0 bridgehead atoms. The summed E-state index contributed by atoms with van der Waals surface area (Å²) >= 11 is 1.32. The summed E-state index contributed by atoms with van der Waals surface area (Å²) in [6, 6.07) is 7.42. The minimum Gasteiger partial charge on any atom is -0.478 e. The standard InChI is InChI=1S/C14H13N3O3S/c18-13(19)11-7-17(9-3-1-2-4-10(9)20-11)14-15-12(16-21-14)8-5-6-8/h1-4,8,11H,5-7H2,(H,18,19). The number of carbonyl (C=O) groups is 1. The van der Waals surface area contributed by atoms with Crippen LogP contribution >= 0.6 is 11.5 Å². The molecule has 1 N–H and O–H groups in total. The number of carboxylic acid groups (broad SMARTS) is 1. The normalized spacial score (nSPS) is 20.8. The molecular formula is C14H13N3O3S. The van der Waals surface area contributed by atoms with Crippen LogP contribution in [0.4, 0.5) is 10.8 Å². The van der Waals surface area contributed by atoms with Crippen molar-refractivity contribution in [1.29, 1.82) is 0 Å². The summed E-state index contributed by atoms with van der Waals surface area (Å²) in [6.07, 6.45) is 1.40. The number of carboxylic acids is 1. The third kappa shape index (κ3) is 2.23. The van der Waals surface area contributed by atoms with Crippen molar-refractivity contribution in [3.05, 3.63) is 30.1 Å². The summed E-state index contributed by atoms with van der Waals surface area (Å²) in [5.41, 5.74) is 0.841. The quantitative estimate of drug-likeness (QED) is 0.938. The first-order valence-electron chi connectivity index (χ1n) is 6.82. The van der Waals surface area contributed by atoms with Crippen molar-refractivity contribution >= 4 is 28.3 Å². The molecule has 0 saturated heterocycles. The lowest BCUT2D eigenvalue weighted by molar-refractivity contribution is -0.144. The lowest BCUT2D eigenvalue weighted by atomic mass is 10.2. The molecule has 21 heavy (non-hydrogen) atoms. The van der Waals surface area contributed by atoms with Crippen LogP contribution in [0.5, 0.6) is 5.75 Å². The van der Waals surface area contributed by atoms with Gasteiger partial charge in [-0.05, 0) is 25.0 Å². The number of hydrogen-bond donors (Lipinski definition) is 1. The SMILES string of the molecule is O=C(O)C1CN(c2nc(C3CC3)ns2)c2ccccc2O1. The Hall–Kier alpha value is -2.15. The van der Waals surface area contributed by atoms with E-state index in [4.69, 9.17) is 4.74 Å². The number of aliphatic carboxylic acids is 1. The van der Waals surface area contributed by atoms with Crippen LogP contribution in [0.15, 0.2) is 24.3 Å². The fourth-order valence-electron chi connectivity index (χ4n) is 2.39. The molecule has 2 aliphatic rings. The second-order valence-corrected chi connectivity index (χ2v) is 5.96. The molecule has 1 saturated carbocycles. The number of anilines is 2. The Balaban J connectivity index is 1.72. The molecule has 1 aromatic heterocycles. The summed E-state index contributed by atoms with van der Waals surface area (Å²) < 4.78 is 9.92. The molecular weight excluding hydrogens is 290 g/mol. The molecule has 108 valence electrons. The highest BCUT2D eigenvalue weighted by molar-refractivity contribution is 7.09. The summed E-state index contributed by atoms with van der Waals surface area (Å²) in [5.74, 6) is 0.966. The lowest BCUT2D eigenvalue weighted by Crippen LogP contribution is -2.42. The topological polar surface area (TPSA) is 75.5 Å². The highest BCUT2D eigenvalue weighted by atomic mass is 32.1. The van der Waals surface area contributed by atoms with E-state index in [1.54, 1.807) is 6.07 Å². The number of para-hydroxylation sites is 2. The lowest BCUT2D eigenvalue weighted by Gasteiger charge is -2.32. The molecule has 7 heteroatoms. The van der Waals surface area contributed by atoms with Gasteiger partial charge in [-0.1, -0.05) is 12.1 Å². The number of hydrogen-bond acceptors (Lipinski definition) is 6. The van der Waals surface area contributed by atoms with Crippen molar-refractivity contribution in [3.63, 3.8) is 0 Å². The summed E-state index contributed by atoms with van der Waals surface area (Å²) in [4.78, 5) is 17.7. The van der Waals surface area contributed by atoms with Crippen LogP contribution in [0.2, 0.25) is 0 Å². The molecule has 0 amide bonds. The maximum absolute atomic E-state index is 11.3. The fourth-order valence-corrected chi connectivity index (χ4v) is 3.16. The molecule has 1 fully saturated rings. The molecule has 1 aliphatic heterocycles. The van der Waals surface area contributed by atoms with Crippen molar-refractivity contribution in [2.45, 2.75) is 24.9 Å². The maximum Gasteiger partial charge on any atom is 0.346 e. The summed E-state index contributed by atoms with van der Waals surface area (Å²) in [7, 11) is 0. The predicted octanol–water partition coefficient (Wildman–Crippen LogP) is 2.40. The van der Waals surface area contributed by atoms with E-state index in [1.165, 1.54) is 11.5 Å². The zero-order chi connectivity index (χ0) is 14.4. The highest BCUT2D eigenvalue weighted by Gasteiger charge is 2.34. The Morgan fingerprint density at radius 1 is 1.38 bits per heavy atom. The first-order valence-corrected chi connectivity index (χ1v) is 7.59. The van der Waals surface area contributed by atoms with Crippen LogP contribution in [0, 0.1) is 0 Å². The zero-order valence-electron chi connectivity index (χ0n) is 11.1. The third-order valence-corrected chi connectivity index (χ3v) is 4.41. The second-order valence-electron chi connectivity index (χ2n) is 5.23. The van der Waals surface area contributed by atoms with E-state index in [1.807, 2.05) is 23.1 Å². The summed E-state index contributed by atoms with van der Waals surface area (Å²) in [6.45, 7) is 0.242.